The molecular formula is C27H32N6O2. The van der Waals surface area contributed by atoms with Crippen LogP contribution in [0.15, 0.2) is 54.6 Å². The number of benzene rings is 2. The van der Waals surface area contributed by atoms with Crippen molar-refractivity contribution in [2.45, 2.75) is 19.9 Å². The topological polar surface area (TPSA) is 73.8 Å². The van der Waals surface area contributed by atoms with Gasteiger partial charge in [0, 0.05) is 56.0 Å². The number of urea groups is 1. The van der Waals surface area contributed by atoms with Crippen molar-refractivity contribution in [2.24, 2.45) is 0 Å². The fourth-order valence-electron chi connectivity index (χ4n) is 4.57. The Morgan fingerprint density at radius 1 is 0.971 bits per heavy atom. The van der Waals surface area contributed by atoms with Crippen LogP contribution in [-0.2, 0) is 13.0 Å². The molecule has 0 atom stereocenters. The van der Waals surface area contributed by atoms with Gasteiger partial charge >= 0.3 is 6.03 Å². The molecule has 2 amide bonds. The molecule has 2 aliphatic rings. The second-order valence-corrected chi connectivity index (χ2v) is 9.01. The molecule has 1 saturated heterocycles. The molecular weight excluding hydrogens is 440 g/mol. The van der Waals surface area contributed by atoms with E-state index in [9.17, 15) is 4.79 Å². The van der Waals surface area contributed by atoms with Gasteiger partial charge in [0.2, 0.25) is 0 Å². The number of likely N-dealkylation sites (N-methyl/N-ethyl adjacent to an activating group) is 1. The number of nitrogens with one attached hydrogen (secondary N) is 1. The first-order chi connectivity index (χ1) is 17.1. The number of hydrogen-bond donors (Lipinski definition) is 1. The predicted molar refractivity (Wildman–Crippen MR) is 138 cm³/mol. The number of amides is 2. The molecule has 8 nitrogen and oxygen atoms in total. The van der Waals surface area contributed by atoms with Crippen molar-refractivity contribution in [3.8, 4) is 17.1 Å². The Bertz CT molecular complexity index is 1160. The molecule has 2 aromatic carbocycles. The van der Waals surface area contributed by atoms with Crippen LogP contribution in [0.4, 0.5) is 16.3 Å². The molecule has 1 aromatic heterocycles. The van der Waals surface area contributed by atoms with Crippen LogP contribution >= 0.6 is 0 Å². The lowest BCUT2D eigenvalue weighted by Crippen LogP contribution is -2.46. The summed E-state index contributed by atoms with van der Waals surface area (Å²) in [6.45, 7) is 7.47. The zero-order valence-corrected chi connectivity index (χ0v) is 20.4. The maximum atomic E-state index is 13.1. The van der Waals surface area contributed by atoms with Crippen LogP contribution in [0, 0.1) is 0 Å². The number of nitrogens with zero attached hydrogens (tertiary/aromatic N) is 5. The van der Waals surface area contributed by atoms with Gasteiger partial charge in [0.15, 0.2) is 5.82 Å². The highest BCUT2D eigenvalue weighted by atomic mass is 16.5. The third kappa shape index (κ3) is 5.22. The standard InChI is InChI=1S/C27H32N6O2/c1-3-35-22-11-9-21(10-12-22)28-27(34)33-14-13-24-23(19-33)26(32-17-15-31(2)16-18-32)30-25(29-24)20-7-5-4-6-8-20/h4-12H,3,13-19H2,1-2H3,(H,28,34). The molecule has 3 aromatic rings. The molecule has 8 heteroatoms. The van der Waals surface area contributed by atoms with E-state index < -0.39 is 0 Å². The number of carbonyl (C=O) groups is 1. The number of rotatable bonds is 5. The molecule has 0 spiro atoms. The lowest BCUT2D eigenvalue weighted by Gasteiger charge is -2.37. The maximum Gasteiger partial charge on any atom is 0.322 e. The van der Waals surface area contributed by atoms with E-state index in [1.807, 2.05) is 54.3 Å². The lowest BCUT2D eigenvalue weighted by molar-refractivity contribution is 0.206. The molecule has 0 bridgehead atoms. The Kier molecular flexibility index (Phi) is 6.81. The smallest absolute Gasteiger partial charge is 0.322 e. The monoisotopic (exact) mass is 472 g/mol. The molecule has 182 valence electrons. The van der Waals surface area contributed by atoms with Gasteiger partial charge in [-0.15, -0.1) is 0 Å². The van der Waals surface area contributed by atoms with Crippen LogP contribution in [-0.4, -0.2) is 72.2 Å². The van der Waals surface area contributed by atoms with Crippen LogP contribution in [0.1, 0.15) is 18.2 Å². The van der Waals surface area contributed by atoms with Crippen molar-refractivity contribution in [3.63, 3.8) is 0 Å². The quantitative estimate of drug-likeness (QED) is 0.608. The predicted octanol–water partition coefficient (Wildman–Crippen LogP) is 3.88. The van der Waals surface area contributed by atoms with Crippen LogP contribution in [0.2, 0.25) is 0 Å². The summed E-state index contributed by atoms with van der Waals surface area (Å²) in [6, 6.07) is 17.5. The largest absolute Gasteiger partial charge is 0.494 e. The molecule has 1 fully saturated rings. The first-order valence-electron chi connectivity index (χ1n) is 12.3. The van der Waals surface area contributed by atoms with Gasteiger partial charge in [-0.25, -0.2) is 14.8 Å². The highest BCUT2D eigenvalue weighted by molar-refractivity contribution is 5.89. The summed E-state index contributed by atoms with van der Waals surface area (Å²) in [7, 11) is 2.15. The molecule has 1 N–H and O–H groups in total. The van der Waals surface area contributed by atoms with Gasteiger partial charge in [0.1, 0.15) is 11.6 Å². The van der Waals surface area contributed by atoms with Crippen LogP contribution < -0.4 is 15.0 Å². The van der Waals surface area contributed by atoms with E-state index in [1.54, 1.807) is 0 Å². The summed E-state index contributed by atoms with van der Waals surface area (Å²) in [5.74, 6) is 2.51. The Morgan fingerprint density at radius 2 is 1.71 bits per heavy atom. The molecule has 0 saturated carbocycles. The van der Waals surface area contributed by atoms with Crippen LogP contribution in [0.25, 0.3) is 11.4 Å². The summed E-state index contributed by atoms with van der Waals surface area (Å²) in [6.07, 6.45) is 0.703. The van der Waals surface area contributed by atoms with Crippen molar-refractivity contribution in [3.05, 3.63) is 65.9 Å². The normalized spacial score (nSPS) is 16.1. The number of ether oxygens (including phenoxy) is 1. The fraction of sp³-hybridized carbons (Fsp3) is 0.370. The Hall–Kier alpha value is -3.65. The second-order valence-electron chi connectivity index (χ2n) is 9.01. The van der Waals surface area contributed by atoms with Crippen molar-refractivity contribution < 1.29 is 9.53 Å². The highest BCUT2D eigenvalue weighted by Gasteiger charge is 2.29. The summed E-state index contributed by atoms with van der Waals surface area (Å²) >= 11 is 0. The number of anilines is 2. The summed E-state index contributed by atoms with van der Waals surface area (Å²) < 4.78 is 5.50. The minimum absolute atomic E-state index is 0.115. The van der Waals surface area contributed by atoms with Gasteiger partial charge in [0.25, 0.3) is 0 Å². The van der Waals surface area contributed by atoms with Crippen molar-refractivity contribution >= 4 is 17.5 Å². The third-order valence-corrected chi connectivity index (χ3v) is 6.58. The number of fused-ring (bicyclic) bond motifs is 1. The van der Waals surface area contributed by atoms with Gasteiger partial charge in [-0.2, -0.15) is 0 Å². The van der Waals surface area contributed by atoms with Gasteiger partial charge < -0.3 is 24.8 Å². The van der Waals surface area contributed by atoms with Crippen molar-refractivity contribution in [1.29, 1.82) is 0 Å². The maximum absolute atomic E-state index is 13.1. The van der Waals surface area contributed by atoms with E-state index >= 15 is 0 Å². The zero-order chi connectivity index (χ0) is 24.2. The molecule has 3 heterocycles. The van der Waals surface area contributed by atoms with Gasteiger partial charge in [0.05, 0.1) is 18.8 Å². The SMILES string of the molecule is CCOc1ccc(NC(=O)N2CCc3nc(-c4ccccc4)nc(N4CCN(C)CC4)c3C2)cc1. The van der Waals surface area contributed by atoms with E-state index in [0.717, 1.165) is 66.1 Å². The number of hydrogen-bond acceptors (Lipinski definition) is 6. The van der Waals surface area contributed by atoms with E-state index in [1.165, 1.54) is 0 Å². The molecule has 35 heavy (non-hydrogen) atoms. The zero-order valence-electron chi connectivity index (χ0n) is 20.4. The summed E-state index contributed by atoms with van der Waals surface area (Å²) in [4.78, 5) is 29.6. The lowest BCUT2D eigenvalue weighted by atomic mass is 10.0. The highest BCUT2D eigenvalue weighted by Crippen LogP contribution is 2.30. The van der Waals surface area contributed by atoms with Gasteiger partial charge in [-0.1, -0.05) is 30.3 Å². The molecule has 2 aliphatic heterocycles. The van der Waals surface area contributed by atoms with E-state index in [2.05, 4.69) is 34.3 Å². The molecule has 0 radical (unpaired) electrons. The minimum atomic E-state index is -0.115. The summed E-state index contributed by atoms with van der Waals surface area (Å²) in [5.41, 5.74) is 3.86. The van der Waals surface area contributed by atoms with Crippen molar-refractivity contribution in [1.82, 2.24) is 19.8 Å². The molecule has 0 aliphatic carbocycles. The van der Waals surface area contributed by atoms with Crippen molar-refractivity contribution in [2.75, 3.05) is 56.6 Å². The van der Waals surface area contributed by atoms with E-state index in [4.69, 9.17) is 14.7 Å². The van der Waals surface area contributed by atoms with E-state index in [0.29, 0.717) is 26.1 Å². The second kappa shape index (κ2) is 10.3. The molecule has 5 rings (SSSR count). The number of piperazine rings is 1. The Balaban J connectivity index is 1.39. The third-order valence-electron chi connectivity index (χ3n) is 6.58. The summed E-state index contributed by atoms with van der Waals surface area (Å²) in [5, 5.41) is 3.02. The average molecular weight is 473 g/mol. The fourth-order valence-corrected chi connectivity index (χ4v) is 4.57. The van der Waals surface area contributed by atoms with E-state index in [-0.39, 0.29) is 6.03 Å². The first-order valence-corrected chi connectivity index (χ1v) is 12.3. The minimum Gasteiger partial charge on any atom is -0.494 e. The van der Waals surface area contributed by atoms with Gasteiger partial charge in [-0.3, -0.25) is 0 Å². The number of carbonyl (C=O) groups excluding carboxylic acids is 1. The Labute approximate surface area is 206 Å². The Morgan fingerprint density at radius 3 is 2.43 bits per heavy atom. The molecule has 0 unspecified atom stereocenters. The van der Waals surface area contributed by atoms with Crippen LogP contribution in [0.3, 0.4) is 0 Å². The number of aromatic nitrogens is 2. The van der Waals surface area contributed by atoms with Gasteiger partial charge in [-0.05, 0) is 38.2 Å². The average Bonchev–Trinajstić information content (AvgIpc) is 2.90. The van der Waals surface area contributed by atoms with Crippen LogP contribution in [0.5, 0.6) is 5.75 Å². The first kappa shape index (κ1) is 23.1.